The number of thiophene rings is 2. The molecule has 4 rings (SSSR count). The van der Waals surface area contributed by atoms with Gasteiger partial charge in [-0.15, -0.1) is 22.7 Å². The summed E-state index contributed by atoms with van der Waals surface area (Å²) in [7, 11) is 0. The van der Waals surface area contributed by atoms with E-state index in [2.05, 4.69) is 5.32 Å². The van der Waals surface area contributed by atoms with Gasteiger partial charge < -0.3 is 15.2 Å². The van der Waals surface area contributed by atoms with E-state index in [-0.39, 0.29) is 11.4 Å². The summed E-state index contributed by atoms with van der Waals surface area (Å²) in [4.78, 5) is 24.5. The van der Waals surface area contributed by atoms with E-state index >= 15 is 0 Å². The minimum absolute atomic E-state index is 0.0432. The summed E-state index contributed by atoms with van der Waals surface area (Å²) in [5.74, 6) is -0.545. The summed E-state index contributed by atoms with van der Waals surface area (Å²) in [5.41, 5.74) is -0.0822. The predicted molar refractivity (Wildman–Crippen MR) is 89.6 cm³/mol. The standard InChI is InChI=1S/C16H17NO4S2/c18-13(17-16(3-4-16)10-2-1-5-21-8-10)11-6-9-7-12(14(19)20)23-15(9)22-11/h6-7,10H,1-5,8H2,(H,17,18)(H,19,20). The van der Waals surface area contributed by atoms with Crippen LogP contribution >= 0.6 is 22.7 Å². The topological polar surface area (TPSA) is 75.6 Å². The molecule has 5 nitrogen and oxygen atoms in total. The Labute approximate surface area is 141 Å². The second kappa shape index (κ2) is 5.58. The van der Waals surface area contributed by atoms with Gasteiger partial charge in [0, 0.05) is 23.4 Å². The Morgan fingerprint density at radius 2 is 2.00 bits per heavy atom. The second-order valence-corrected chi connectivity index (χ2v) is 8.66. The summed E-state index contributed by atoms with van der Waals surface area (Å²) in [6, 6.07) is 3.43. The molecule has 7 heteroatoms. The van der Waals surface area contributed by atoms with E-state index in [1.165, 1.54) is 22.7 Å². The molecule has 122 valence electrons. The van der Waals surface area contributed by atoms with Gasteiger partial charge in [-0.25, -0.2) is 4.79 Å². The lowest BCUT2D eigenvalue weighted by molar-refractivity contribution is 0.0336. The monoisotopic (exact) mass is 351 g/mol. The lowest BCUT2D eigenvalue weighted by Crippen LogP contribution is -2.45. The van der Waals surface area contributed by atoms with Crippen LogP contribution in [0.1, 0.15) is 45.0 Å². The van der Waals surface area contributed by atoms with Crippen molar-refractivity contribution in [2.75, 3.05) is 13.2 Å². The first kappa shape index (κ1) is 15.1. The number of hydrogen-bond donors (Lipinski definition) is 2. The van der Waals surface area contributed by atoms with Gasteiger partial charge in [0.2, 0.25) is 0 Å². The fourth-order valence-electron chi connectivity index (χ4n) is 3.29. The van der Waals surface area contributed by atoms with Crippen LogP contribution in [0.15, 0.2) is 12.1 Å². The third-order valence-corrected chi connectivity index (χ3v) is 7.12. The first-order valence-electron chi connectivity index (χ1n) is 7.74. The van der Waals surface area contributed by atoms with Crippen molar-refractivity contribution in [1.29, 1.82) is 0 Å². The maximum absolute atomic E-state index is 12.6. The van der Waals surface area contributed by atoms with E-state index in [0.29, 0.717) is 15.7 Å². The Hall–Kier alpha value is -1.44. The van der Waals surface area contributed by atoms with E-state index < -0.39 is 5.97 Å². The van der Waals surface area contributed by atoms with Crippen LogP contribution < -0.4 is 5.32 Å². The molecule has 0 bridgehead atoms. The number of amides is 1. The quantitative estimate of drug-likeness (QED) is 0.886. The lowest BCUT2D eigenvalue weighted by Gasteiger charge is -2.30. The van der Waals surface area contributed by atoms with Gasteiger partial charge in [0.15, 0.2) is 0 Å². The predicted octanol–water partition coefficient (Wildman–Crippen LogP) is 3.35. The highest BCUT2D eigenvalue weighted by Crippen LogP contribution is 2.46. The largest absolute Gasteiger partial charge is 0.477 e. The van der Waals surface area contributed by atoms with Crippen LogP contribution in [0, 0.1) is 5.92 Å². The molecular formula is C16H17NO4S2. The Balaban J connectivity index is 1.50. The maximum Gasteiger partial charge on any atom is 0.345 e. The molecule has 1 saturated carbocycles. The van der Waals surface area contributed by atoms with Crippen LogP contribution in [0.2, 0.25) is 0 Å². The Morgan fingerprint density at radius 3 is 2.61 bits per heavy atom. The molecule has 2 aliphatic rings. The van der Waals surface area contributed by atoms with E-state index in [1.807, 2.05) is 0 Å². The summed E-state index contributed by atoms with van der Waals surface area (Å²) < 4.78 is 6.45. The molecule has 1 aliphatic carbocycles. The van der Waals surface area contributed by atoms with Gasteiger partial charge in [0.05, 0.1) is 15.5 Å². The van der Waals surface area contributed by atoms with Crippen LogP contribution in [0.5, 0.6) is 0 Å². The van der Waals surface area contributed by atoms with Crippen molar-refractivity contribution >= 4 is 43.9 Å². The number of carbonyl (C=O) groups is 2. The SMILES string of the molecule is O=C(O)c1cc2cc(C(=O)NC3(C4CCCOC4)CC3)sc2s1. The number of rotatable bonds is 4. The average molecular weight is 351 g/mol. The van der Waals surface area contributed by atoms with Crippen LogP contribution in [0.3, 0.4) is 0 Å². The van der Waals surface area contributed by atoms with Crippen LogP contribution in [-0.2, 0) is 4.74 Å². The highest BCUT2D eigenvalue weighted by atomic mass is 32.2. The summed E-state index contributed by atoms with van der Waals surface area (Å²) in [5, 5.41) is 13.1. The Kier molecular flexibility index (Phi) is 3.66. The van der Waals surface area contributed by atoms with Crippen molar-refractivity contribution in [2.24, 2.45) is 5.92 Å². The number of fused-ring (bicyclic) bond motifs is 1. The first-order valence-corrected chi connectivity index (χ1v) is 9.38. The minimum Gasteiger partial charge on any atom is -0.477 e. The molecule has 0 radical (unpaired) electrons. The van der Waals surface area contributed by atoms with E-state index in [4.69, 9.17) is 9.84 Å². The molecule has 1 saturated heterocycles. The van der Waals surface area contributed by atoms with Crippen molar-refractivity contribution in [3.8, 4) is 0 Å². The number of hydrogen-bond acceptors (Lipinski definition) is 5. The van der Waals surface area contributed by atoms with Crippen LogP contribution in [-0.4, -0.2) is 35.7 Å². The van der Waals surface area contributed by atoms with Crippen molar-refractivity contribution in [2.45, 2.75) is 31.2 Å². The van der Waals surface area contributed by atoms with Crippen molar-refractivity contribution in [1.82, 2.24) is 5.32 Å². The third kappa shape index (κ3) is 2.77. The fraction of sp³-hybridized carbons (Fsp3) is 0.500. The smallest absolute Gasteiger partial charge is 0.345 e. The van der Waals surface area contributed by atoms with E-state index in [9.17, 15) is 9.59 Å². The molecule has 2 aromatic heterocycles. The van der Waals surface area contributed by atoms with Gasteiger partial charge in [0.25, 0.3) is 5.91 Å². The summed E-state index contributed by atoms with van der Waals surface area (Å²) in [6.07, 6.45) is 4.22. The zero-order valence-corrected chi connectivity index (χ0v) is 14.1. The zero-order valence-electron chi connectivity index (χ0n) is 12.5. The molecule has 2 fully saturated rings. The first-order chi connectivity index (χ1) is 11.1. The van der Waals surface area contributed by atoms with Crippen molar-refractivity contribution in [3.05, 3.63) is 21.9 Å². The Morgan fingerprint density at radius 1 is 1.26 bits per heavy atom. The number of carbonyl (C=O) groups excluding carboxylic acids is 1. The van der Waals surface area contributed by atoms with Gasteiger partial charge in [-0.1, -0.05) is 0 Å². The highest BCUT2D eigenvalue weighted by Gasteiger charge is 2.50. The summed E-state index contributed by atoms with van der Waals surface area (Å²) in [6.45, 7) is 1.56. The fourth-order valence-corrected chi connectivity index (χ4v) is 5.47. The zero-order chi connectivity index (χ0) is 16.0. The minimum atomic E-state index is -0.918. The van der Waals surface area contributed by atoms with Gasteiger partial charge in [0.1, 0.15) is 4.88 Å². The number of carboxylic acid groups (broad SMARTS) is 1. The molecule has 2 aromatic rings. The lowest BCUT2D eigenvalue weighted by atomic mass is 9.91. The summed E-state index contributed by atoms with van der Waals surface area (Å²) >= 11 is 2.59. The van der Waals surface area contributed by atoms with Crippen molar-refractivity contribution in [3.63, 3.8) is 0 Å². The van der Waals surface area contributed by atoms with Crippen LogP contribution in [0.4, 0.5) is 0 Å². The molecule has 1 aliphatic heterocycles. The van der Waals surface area contributed by atoms with Gasteiger partial charge in [-0.05, 0) is 37.8 Å². The molecule has 3 heterocycles. The Bertz CT molecular complexity index is 737. The number of nitrogens with one attached hydrogen (secondary N) is 1. The number of ether oxygens (including phenoxy) is 1. The molecular weight excluding hydrogens is 334 g/mol. The molecule has 1 amide bonds. The number of carboxylic acids is 1. The van der Waals surface area contributed by atoms with Crippen LogP contribution in [0.25, 0.3) is 9.40 Å². The molecule has 1 unspecified atom stereocenters. The highest BCUT2D eigenvalue weighted by molar-refractivity contribution is 7.39. The molecule has 2 N–H and O–H groups in total. The third-order valence-electron chi connectivity index (χ3n) is 4.74. The van der Waals surface area contributed by atoms with Crippen molar-refractivity contribution < 1.29 is 19.4 Å². The average Bonchev–Trinajstić information content (AvgIpc) is 3.03. The molecule has 23 heavy (non-hydrogen) atoms. The van der Waals surface area contributed by atoms with Gasteiger partial charge >= 0.3 is 5.97 Å². The molecule has 1 atom stereocenters. The maximum atomic E-state index is 12.6. The molecule has 0 spiro atoms. The normalized spacial score (nSPS) is 22.9. The van der Waals surface area contributed by atoms with E-state index in [0.717, 1.165) is 48.3 Å². The number of aromatic carboxylic acids is 1. The second-order valence-electron chi connectivity index (χ2n) is 6.29. The van der Waals surface area contributed by atoms with E-state index in [1.54, 1.807) is 12.1 Å². The molecule has 0 aromatic carbocycles. The van der Waals surface area contributed by atoms with Gasteiger partial charge in [-0.3, -0.25) is 4.79 Å². The van der Waals surface area contributed by atoms with Gasteiger partial charge in [-0.2, -0.15) is 0 Å².